The lowest BCUT2D eigenvalue weighted by molar-refractivity contribution is -0.153. The van der Waals surface area contributed by atoms with Gasteiger partial charge in [-0.25, -0.2) is 4.39 Å². The van der Waals surface area contributed by atoms with Crippen LogP contribution in [-0.2, 0) is 0 Å². The van der Waals surface area contributed by atoms with Gasteiger partial charge < -0.3 is 5.11 Å². The van der Waals surface area contributed by atoms with Crippen molar-refractivity contribution in [3.8, 4) is 0 Å². The quantitative estimate of drug-likeness (QED) is 0.609. The van der Waals surface area contributed by atoms with Crippen LogP contribution in [0.15, 0.2) is 0 Å². The first-order valence-electron chi connectivity index (χ1n) is 2.72. The fourth-order valence-electron chi connectivity index (χ4n) is 0.392. The van der Waals surface area contributed by atoms with E-state index >= 15 is 0 Å². The SMILES string of the molecule is CC(O)C(F)CC(F)(F)F. The van der Waals surface area contributed by atoms with Gasteiger partial charge in [-0.3, -0.25) is 0 Å². The lowest BCUT2D eigenvalue weighted by Gasteiger charge is -2.12. The summed E-state index contributed by atoms with van der Waals surface area (Å²) in [4.78, 5) is 0. The molecule has 0 fully saturated rings. The molecule has 0 amide bonds. The molecular formula is C5H8F4O. The Morgan fingerprint density at radius 1 is 1.40 bits per heavy atom. The van der Waals surface area contributed by atoms with E-state index in [9.17, 15) is 17.6 Å². The summed E-state index contributed by atoms with van der Waals surface area (Å²) in [5.74, 6) is 0. The molecule has 2 unspecified atom stereocenters. The Hall–Kier alpha value is -0.320. The summed E-state index contributed by atoms with van der Waals surface area (Å²) in [5.41, 5.74) is 0. The van der Waals surface area contributed by atoms with E-state index in [0.717, 1.165) is 6.92 Å². The third-order valence-electron chi connectivity index (χ3n) is 0.950. The van der Waals surface area contributed by atoms with Crippen LogP contribution < -0.4 is 0 Å². The van der Waals surface area contributed by atoms with Crippen molar-refractivity contribution in [1.29, 1.82) is 0 Å². The molecule has 0 aliphatic heterocycles. The van der Waals surface area contributed by atoms with E-state index in [1.165, 1.54) is 0 Å². The molecule has 0 saturated carbocycles. The van der Waals surface area contributed by atoms with Crippen LogP contribution >= 0.6 is 0 Å². The third kappa shape index (κ3) is 4.55. The molecule has 2 atom stereocenters. The van der Waals surface area contributed by atoms with Crippen molar-refractivity contribution >= 4 is 0 Å². The lowest BCUT2D eigenvalue weighted by Crippen LogP contribution is -2.25. The fourth-order valence-corrected chi connectivity index (χ4v) is 0.392. The first kappa shape index (κ1) is 9.68. The monoisotopic (exact) mass is 160 g/mol. The standard InChI is InChI=1S/C5H8F4O/c1-3(10)4(6)2-5(7,8)9/h3-4,10H,2H2,1H3. The molecule has 0 saturated heterocycles. The highest BCUT2D eigenvalue weighted by atomic mass is 19.4. The van der Waals surface area contributed by atoms with Crippen LogP contribution in [0, 0.1) is 0 Å². The molecule has 1 N–H and O–H groups in total. The van der Waals surface area contributed by atoms with E-state index < -0.39 is 24.9 Å². The summed E-state index contributed by atoms with van der Waals surface area (Å²) in [6.45, 7) is 0.983. The predicted octanol–water partition coefficient (Wildman–Crippen LogP) is 1.66. The molecule has 0 rings (SSSR count). The van der Waals surface area contributed by atoms with E-state index in [4.69, 9.17) is 5.11 Å². The molecule has 0 aromatic rings. The smallest absolute Gasteiger partial charge is 0.390 e. The van der Waals surface area contributed by atoms with Gasteiger partial charge in [0.2, 0.25) is 0 Å². The zero-order chi connectivity index (χ0) is 8.36. The Morgan fingerprint density at radius 3 is 1.90 bits per heavy atom. The highest BCUT2D eigenvalue weighted by Crippen LogP contribution is 2.24. The van der Waals surface area contributed by atoms with Crippen molar-refractivity contribution in [2.75, 3.05) is 0 Å². The Balaban J connectivity index is 3.68. The van der Waals surface area contributed by atoms with Crippen LogP contribution in [0.3, 0.4) is 0 Å². The van der Waals surface area contributed by atoms with Gasteiger partial charge in [-0.15, -0.1) is 0 Å². The van der Waals surface area contributed by atoms with Gasteiger partial charge in [0, 0.05) is 0 Å². The number of hydrogen-bond acceptors (Lipinski definition) is 1. The average Bonchev–Trinajstić information content (AvgIpc) is 1.60. The summed E-state index contributed by atoms with van der Waals surface area (Å²) >= 11 is 0. The predicted molar refractivity (Wildman–Crippen MR) is 27.2 cm³/mol. The highest BCUT2D eigenvalue weighted by Gasteiger charge is 2.33. The molecule has 0 spiro atoms. The molecule has 0 aromatic carbocycles. The van der Waals surface area contributed by atoms with Crippen molar-refractivity contribution < 1.29 is 22.7 Å². The van der Waals surface area contributed by atoms with Crippen LogP contribution in [0.1, 0.15) is 13.3 Å². The second-order valence-electron chi connectivity index (χ2n) is 2.08. The maximum atomic E-state index is 12.1. The number of aliphatic hydroxyl groups excluding tert-OH is 1. The molecule has 62 valence electrons. The van der Waals surface area contributed by atoms with E-state index in [0.29, 0.717) is 0 Å². The van der Waals surface area contributed by atoms with Gasteiger partial charge in [-0.05, 0) is 6.92 Å². The minimum absolute atomic E-state index is 0.983. The second-order valence-corrected chi connectivity index (χ2v) is 2.08. The topological polar surface area (TPSA) is 20.2 Å². The van der Waals surface area contributed by atoms with Crippen LogP contribution in [0.5, 0.6) is 0 Å². The third-order valence-corrected chi connectivity index (χ3v) is 0.950. The van der Waals surface area contributed by atoms with Crippen molar-refractivity contribution in [3.05, 3.63) is 0 Å². The molecule has 0 bridgehead atoms. The maximum Gasteiger partial charge on any atom is 0.391 e. The summed E-state index contributed by atoms with van der Waals surface area (Å²) in [6.07, 6.45) is -9.87. The van der Waals surface area contributed by atoms with Gasteiger partial charge in [-0.2, -0.15) is 13.2 Å². The number of hydrogen-bond donors (Lipinski definition) is 1. The molecule has 0 aromatic heterocycles. The Morgan fingerprint density at radius 2 is 1.80 bits per heavy atom. The van der Waals surface area contributed by atoms with E-state index in [-0.39, 0.29) is 0 Å². The second kappa shape index (κ2) is 3.18. The first-order chi connectivity index (χ1) is 4.33. The molecule has 0 aliphatic carbocycles. The number of rotatable bonds is 2. The molecule has 0 radical (unpaired) electrons. The summed E-state index contributed by atoms with van der Waals surface area (Å²) in [5, 5.41) is 8.31. The Kier molecular flexibility index (Phi) is 3.08. The van der Waals surface area contributed by atoms with Crippen LogP contribution in [-0.4, -0.2) is 23.6 Å². The molecule has 1 nitrogen and oxygen atoms in total. The van der Waals surface area contributed by atoms with Gasteiger partial charge in [-0.1, -0.05) is 0 Å². The molecule has 5 heteroatoms. The first-order valence-corrected chi connectivity index (χ1v) is 2.72. The van der Waals surface area contributed by atoms with E-state index in [1.54, 1.807) is 0 Å². The van der Waals surface area contributed by atoms with Crippen molar-refractivity contribution in [2.45, 2.75) is 31.8 Å². The summed E-state index contributed by atoms with van der Waals surface area (Å²) in [6, 6.07) is 0. The minimum Gasteiger partial charge on any atom is -0.390 e. The van der Waals surface area contributed by atoms with Crippen LogP contribution in [0.25, 0.3) is 0 Å². The number of aliphatic hydroxyl groups is 1. The Bertz CT molecular complexity index is 98.3. The van der Waals surface area contributed by atoms with Crippen molar-refractivity contribution in [3.63, 3.8) is 0 Å². The van der Waals surface area contributed by atoms with E-state index in [2.05, 4.69) is 0 Å². The van der Waals surface area contributed by atoms with Crippen LogP contribution in [0.4, 0.5) is 17.6 Å². The normalized spacial score (nSPS) is 18.6. The number of halogens is 4. The lowest BCUT2D eigenvalue weighted by atomic mass is 10.2. The van der Waals surface area contributed by atoms with Crippen molar-refractivity contribution in [1.82, 2.24) is 0 Å². The molecule has 10 heavy (non-hydrogen) atoms. The zero-order valence-electron chi connectivity index (χ0n) is 5.32. The van der Waals surface area contributed by atoms with Gasteiger partial charge in [0.25, 0.3) is 0 Å². The average molecular weight is 160 g/mol. The summed E-state index contributed by atoms with van der Waals surface area (Å²) < 4.78 is 46.0. The van der Waals surface area contributed by atoms with Gasteiger partial charge in [0.05, 0.1) is 12.5 Å². The fraction of sp³-hybridized carbons (Fsp3) is 1.00. The zero-order valence-corrected chi connectivity index (χ0v) is 5.32. The maximum absolute atomic E-state index is 12.1. The van der Waals surface area contributed by atoms with Crippen LogP contribution in [0.2, 0.25) is 0 Å². The molecule has 0 heterocycles. The van der Waals surface area contributed by atoms with Crippen molar-refractivity contribution in [2.24, 2.45) is 0 Å². The molecular weight excluding hydrogens is 152 g/mol. The van der Waals surface area contributed by atoms with Gasteiger partial charge in [0.1, 0.15) is 6.17 Å². The highest BCUT2D eigenvalue weighted by molar-refractivity contribution is 4.66. The van der Waals surface area contributed by atoms with Gasteiger partial charge >= 0.3 is 6.18 Å². The number of alkyl halides is 4. The molecule has 0 aliphatic rings. The van der Waals surface area contributed by atoms with E-state index in [1.807, 2.05) is 0 Å². The largest absolute Gasteiger partial charge is 0.391 e. The summed E-state index contributed by atoms with van der Waals surface area (Å²) in [7, 11) is 0. The minimum atomic E-state index is -4.53. The van der Waals surface area contributed by atoms with Gasteiger partial charge in [0.15, 0.2) is 0 Å². The Labute approximate surface area is 55.7 Å².